The lowest BCUT2D eigenvalue weighted by molar-refractivity contribution is 0.122. The number of rotatable bonds is 3. The molecule has 0 spiro atoms. The summed E-state index contributed by atoms with van der Waals surface area (Å²) in [6.45, 7) is 3.06. The Labute approximate surface area is 164 Å². The van der Waals surface area contributed by atoms with E-state index in [2.05, 4.69) is 25.3 Å². The minimum absolute atomic E-state index is 0.0358. The summed E-state index contributed by atoms with van der Waals surface area (Å²) in [6.07, 6.45) is 0. The molecule has 4 aromatic rings. The van der Waals surface area contributed by atoms with E-state index in [9.17, 15) is 9.90 Å². The van der Waals surface area contributed by atoms with Crippen LogP contribution in [-0.4, -0.2) is 56.4 Å². The molecule has 1 aliphatic heterocycles. The first kappa shape index (κ1) is 17.3. The van der Waals surface area contributed by atoms with Gasteiger partial charge in [0.15, 0.2) is 11.6 Å². The third-order valence-corrected chi connectivity index (χ3v) is 5.11. The monoisotopic (exact) mass is 393 g/mol. The van der Waals surface area contributed by atoms with Gasteiger partial charge in [0.1, 0.15) is 5.75 Å². The fourth-order valence-corrected chi connectivity index (χ4v) is 3.60. The van der Waals surface area contributed by atoms with Crippen molar-refractivity contribution in [3.8, 4) is 22.8 Å². The Kier molecular flexibility index (Phi) is 3.98. The van der Waals surface area contributed by atoms with Gasteiger partial charge in [-0.25, -0.2) is 14.5 Å². The van der Waals surface area contributed by atoms with Gasteiger partial charge in [0, 0.05) is 30.2 Å². The normalized spacial score (nSPS) is 14.6. The minimum Gasteiger partial charge on any atom is -0.507 e. The third-order valence-electron chi connectivity index (χ3n) is 5.11. The molecule has 0 bridgehead atoms. The highest BCUT2D eigenvalue weighted by molar-refractivity contribution is 5.94. The quantitative estimate of drug-likeness (QED) is 0.411. The second-order valence-corrected chi connectivity index (χ2v) is 6.83. The van der Waals surface area contributed by atoms with Gasteiger partial charge in [-0.15, -0.1) is 0 Å². The molecule has 0 amide bonds. The van der Waals surface area contributed by atoms with Crippen molar-refractivity contribution in [3.05, 3.63) is 46.9 Å². The number of ether oxygens (including phenoxy) is 1. The van der Waals surface area contributed by atoms with Gasteiger partial charge in [0.05, 0.1) is 30.0 Å². The van der Waals surface area contributed by atoms with E-state index in [4.69, 9.17) is 10.5 Å². The number of nitrogen functional groups attached to an aromatic ring is 1. The van der Waals surface area contributed by atoms with Gasteiger partial charge in [0.2, 0.25) is 0 Å². The first-order valence-corrected chi connectivity index (χ1v) is 9.19. The number of anilines is 2. The van der Waals surface area contributed by atoms with Gasteiger partial charge in [0.25, 0.3) is 0 Å². The maximum Gasteiger partial charge on any atom is 0.348 e. The summed E-state index contributed by atoms with van der Waals surface area (Å²) in [5.74, 6) is 0.556. The summed E-state index contributed by atoms with van der Waals surface area (Å²) in [4.78, 5) is 14.7. The molecule has 148 valence electrons. The van der Waals surface area contributed by atoms with E-state index >= 15 is 0 Å². The predicted molar refractivity (Wildman–Crippen MR) is 108 cm³/mol. The molecule has 3 heterocycles. The van der Waals surface area contributed by atoms with Crippen molar-refractivity contribution in [1.29, 1.82) is 0 Å². The smallest absolute Gasteiger partial charge is 0.348 e. The van der Waals surface area contributed by atoms with Crippen LogP contribution in [0.25, 0.3) is 28.0 Å². The molecule has 29 heavy (non-hydrogen) atoms. The van der Waals surface area contributed by atoms with Crippen LogP contribution in [0.2, 0.25) is 0 Å². The number of hydrogen-bond donors (Lipinski definition) is 4. The van der Waals surface area contributed by atoms with Crippen LogP contribution in [0.5, 0.6) is 5.75 Å². The first-order chi connectivity index (χ1) is 14.1. The molecule has 5 N–H and O–H groups in total. The molecule has 10 nitrogen and oxygen atoms in total. The Bertz CT molecular complexity index is 1230. The highest BCUT2D eigenvalue weighted by Gasteiger charge is 2.19. The lowest BCUT2D eigenvalue weighted by Gasteiger charge is -2.28. The summed E-state index contributed by atoms with van der Waals surface area (Å²) >= 11 is 0. The van der Waals surface area contributed by atoms with E-state index < -0.39 is 5.69 Å². The van der Waals surface area contributed by atoms with Gasteiger partial charge >= 0.3 is 5.69 Å². The van der Waals surface area contributed by atoms with E-state index in [1.807, 2.05) is 24.3 Å². The lowest BCUT2D eigenvalue weighted by Crippen LogP contribution is -2.36. The predicted octanol–water partition coefficient (Wildman–Crippen LogP) is 1.23. The molecule has 5 rings (SSSR count). The topological polar surface area (TPSA) is 138 Å². The van der Waals surface area contributed by atoms with E-state index in [-0.39, 0.29) is 11.6 Å². The van der Waals surface area contributed by atoms with Gasteiger partial charge in [-0.05, 0) is 30.3 Å². The Morgan fingerprint density at radius 3 is 2.52 bits per heavy atom. The number of benzene rings is 2. The minimum atomic E-state index is -0.404. The molecule has 0 unspecified atom stereocenters. The highest BCUT2D eigenvalue weighted by Crippen LogP contribution is 2.34. The Morgan fingerprint density at radius 1 is 1.03 bits per heavy atom. The van der Waals surface area contributed by atoms with E-state index in [1.54, 1.807) is 6.07 Å². The van der Waals surface area contributed by atoms with Gasteiger partial charge in [-0.1, -0.05) is 0 Å². The zero-order valence-electron chi connectivity index (χ0n) is 15.4. The Hall–Kier alpha value is -3.79. The fourth-order valence-electron chi connectivity index (χ4n) is 3.60. The summed E-state index contributed by atoms with van der Waals surface area (Å²) < 4.78 is 6.81. The van der Waals surface area contributed by atoms with E-state index in [0.717, 1.165) is 18.8 Å². The van der Waals surface area contributed by atoms with Crippen molar-refractivity contribution in [1.82, 2.24) is 25.0 Å². The molecule has 10 heteroatoms. The standard InChI is InChI=1S/C19H19N7O3/c20-17-13-9-14(16(27)10-15(13)21-22-17)18-23-24-19(28)26(18)12-3-1-11(2-4-12)25-5-7-29-8-6-25/h1-4,9-10,27H,5-8H2,(H,24,28)(H3,20,21,22). The molecular formula is C19H19N7O3. The third kappa shape index (κ3) is 2.90. The summed E-state index contributed by atoms with van der Waals surface area (Å²) in [7, 11) is 0. The van der Waals surface area contributed by atoms with Crippen LogP contribution in [0.4, 0.5) is 11.5 Å². The zero-order chi connectivity index (χ0) is 20.0. The Balaban J connectivity index is 1.58. The Morgan fingerprint density at radius 2 is 1.76 bits per heavy atom. The molecule has 0 radical (unpaired) electrons. The van der Waals surface area contributed by atoms with Crippen LogP contribution in [0, 0.1) is 0 Å². The number of fused-ring (bicyclic) bond motifs is 1. The number of aromatic hydroxyl groups is 1. The number of nitrogens with one attached hydrogen (secondary N) is 2. The number of aromatic nitrogens is 5. The number of nitrogens with two attached hydrogens (primary N) is 1. The number of morpholine rings is 1. The maximum atomic E-state index is 12.5. The molecule has 0 atom stereocenters. The number of aromatic amines is 2. The van der Waals surface area contributed by atoms with Gasteiger partial charge < -0.3 is 20.5 Å². The number of phenolic OH excluding ortho intramolecular Hbond substituents is 1. The van der Waals surface area contributed by atoms with Crippen molar-refractivity contribution < 1.29 is 9.84 Å². The average Bonchev–Trinajstić information content (AvgIpc) is 3.30. The molecule has 1 aliphatic rings. The van der Waals surface area contributed by atoms with Crippen molar-refractivity contribution in [3.63, 3.8) is 0 Å². The van der Waals surface area contributed by atoms with Crippen LogP contribution < -0.4 is 16.3 Å². The summed E-state index contributed by atoms with van der Waals surface area (Å²) in [5, 5.41) is 24.4. The van der Waals surface area contributed by atoms with E-state index in [0.29, 0.717) is 41.2 Å². The van der Waals surface area contributed by atoms with Crippen LogP contribution in [0.1, 0.15) is 0 Å². The van der Waals surface area contributed by atoms with Crippen molar-refractivity contribution in [2.24, 2.45) is 0 Å². The van der Waals surface area contributed by atoms with Crippen LogP contribution in [0.15, 0.2) is 41.2 Å². The molecule has 1 fully saturated rings. The van der Waals surface area contributed by atoms with Gasteiger partial charge in [-0.3, -0.25) is 5.10 Å². The lowest BCUT2D eigenvalue weighted by atomic mass is 10.1. The van der Waals surface area contributed by atoms with E-state index in [1.165, 1.54) is 10.6 Å². The van der Waals surface area contributed by atoms with Crippen molar-refractivity contribution in [2.45, 2.75) is 0 Å². The second-order valence-electron chi connectivity index (χ2n) is 6.83. The first-order valence-electron chi connectivity index (χ1n) is 9.19. The molecule has 0 saturated carbocycles. The number of nitrogens with zero attached hydrogens (tertiary/aromatic N) is 4. The largest absolute Gasteiger partial charge is 0.507 e. The molecule has 1 saturated heterocycles. The zero-order valence-corrected chi connectivity index (χ0v) is 15.4. The van der Waals surface area contributed by atoms with Gasteiger partial charge in [-0.2, -0.15) is 10.2 Å². The molecule has 2 aromatic heterocycles. The van der Waals surface area contributed by atoms with Crippen molar-refractivity contribution in [2.75, 3.05) is 36.9 Å². The highest BCUT2D eigenvalue weighted by atomic mass is 16.5. The van der Waals surface area contributed by atoms with Crippen LogP contribution in [-0.2, 0) is 4.74 Å². The van der Waals surface area contributed by atoms with Crippen LogP contribution in [0.3, 0.4) is 0 Å². The molecule has 0 aliphatic carbocycles. The fraction of sp³-hybridized carbons (Fsp3) is 0.211. The number of phenols is 1. The summed E-state index contributed by atoms with van der Waals surface area (Å²) in [5.41, 5.74) is 8.15. The molecular weight excluding hydrogens is 374 g/mol. The maximum absolute atomic E-state index is 12.5. The summed E-state index contributed by atoms with van der Waals surface area (Å²) in [6, 6.07) is 10.8. The molecule has 2 aromatic carbocycles. The SMILES string of the molecule is Nc1n[nH]c2cc(O)c(-c3n[nH]c(=O)n3-c3ccc(N4CCOCC4)cc3)cc12. The number of hydrogen-bond acceptors (Lipinski definition) is 7. The van der Waals surface area contributed by atoms with Crippen LogP contribution >= 0.6 is 0 Å². The average molecular weight is 393 g/mol. The second kappa shape index (κ2) is 6.67. The van der Waals surface area contributed by atoms with Crippen molar-refractivity contribution >= 4 is 22.4 Å². The number of H-pyrrole nitrogens is 2.